The third kappa shape index (κ3) is 6.49. The van der Waals surface area contributed by atoms with Crippen LogP contribution in [0.4, 0.5) is 0 Å². The largest absolute Gasteiger partial charge is 0.356 e. The number of hydrogen-bond donors (Lipinski definition) is 2. The number of nitrogens with two attached hydrogens (primary N) is 1. The number of carbonyl (C=O) groups is 1. The van der Waals surface area contributed by atoms with Crippen molar-refractivity contribution >= 4 is 30.7 Å². The molecule has 0 aromatic heterocycles. The molecule has 4 nitrogen and oxygen atoms in total. The SMILES string of the molecule is CC(C(=O)NCCCN1CCc2ccccc2C1)C(N)c1ccccc1.Cl.Cl. The average molecular weight is 424 g/mol. The maximum absolute atomic E-state index is 12.4. The molecule has 1 heterocycles. The van der Waals surface area contributed by atoms with Gasteiger partial charge in [-0.25, -0.2) is 0 Å². The predicted octanol–water partition coefficient (Wildman–Crippen LogP) is 3.73. The van der Waals surface area contributed by atoms with Crippen LogP contribution in [0, 0.1) is 5.92 Å². The van der Waals surface area contributed by atoms with Gasteiger partial charge in [-0.1, -0.05) is 61.5 Å². The van der Waals surface area contributed by atoms with Crippen molar-refractivity contribution in [3.8, 4) is 0 Å². The number of amides is 1. The lowest BCUT2D eigenvalue weighted by atomic mass is 9.94. The van der Waals surface area contributed by atoms with Gasteiger partial charge in [-0.2, -0.15) is 0 Å². The van der Waals surface area contributed by atoms with Crippen LogP contribution in [0.1, 0.15) is 36.1 Å². The molecule has 1 amide bonds. The van der Waals surface area contributed by atoms with E-state index in [9.17, 15) is 4.79 Å². The van der Waals surface area contributed by atoms with E-state index in [-0.39, 0.29) is 42.7 Å². The van der Waals surface area contributed by atoms with Gasteiger partial charge in [0, 0.05) is 32.2 Å². The van der Waals surface area contributed by atoms with E-state index in [1.165, 1.54) is 11.1 Å². The summed E-state index contributed by atoms with van der Waals surface area (Å²) in [6, 6.07) is 18.2. The van der Waals surface area contributed by atoms with Crippen molar-refractivity contribution < 1.29 is 4.79 Å². The molecule has 0 fully saturated rings. The summed E-state index contributed by atoms with van der Waals surface area (Å²) in [5.41, 5.74) is 10.1. The molecule has 0 saturated carbocycles. The average Bonchev–Trinajstić information content (AvgIpc) is 2.70. The molecule has 2 aromatic carbocycles. The Morgan fingerprint density at radius 3 is 2.43 bits per heavy atom. The lowest BCUT2D eigenvalue weighted by molar-refractivity contribution is -0.125. The van der Waals surface area contributed by atoms with Crippen molar-refractivity contribution in [3.63, 3.8) is 0 Å². The number of benzene rings is 2. The molecule has 6 heteroatoms. The summed E-state index contributed by atoms with van der Waals surface area (Å²) in [5.74, 6) is -0.204. The van der Waals surface area contributed by atoms with Gasteiger partial charge in [0.1, 0.15) is 0 Å². The van der Waals surface area contributed by atoms with Crippen molar-refractivity contribution in [2.75, 3.05) is 19.6 Å². The fourth-order valence-electron chi connectivity index (χ4n) is 3.55. The molecule has 3 N–H and O–H groups in total. The van der Waals surface area contributed by atoms with E-state index in [1.807, 2.05) is 37.3 Å². The highest BCUT2D eigenvalue weighted by atomic mass is 35.5. The number of hydrogen-bond acceptors (Lipinski definition) is 3. The summed E-state index contributed by atoms with van der Waals surface area (Å²) in [6.45, 7) is 5.71. The summed E-state index contributed by atoms with van der Waals surface area (Å²) >= 11 is 0. The van der Waals surface area contributed by atoms with Crippen LogP contribution in [0.5, 0.6) is 0 Å². The van der Waals surface area contributed by atoms with Crippen LogP contribution >= 0.6 is 24.8 Å². The van der Waals surface area contributed by atoms with Crippen LogP contribution in [0.25, 0.3) is 0 Å². The molecule has 0 spiro atoms. The van der Waals surface area contributed by atoms with Gasteiger partial charge in [0.15, 0.2) is 0 Å². The molecule has 28 heavy (non-hydrogen) atoms. The highest BCUT2D eigenvalue weighted by molar-refractivity contribution is 5.85. The highest BCUT2D eigenvalue weighted by Crippen LogP contribution is 2.20. The third-order valence-electron chi connectivity index (χ3n) is 5.30. The first-order valence-corrected chi connectivity index (χ1v) is 9.52. The Morgan fingerprint density at radius 1 is 1.07 bits per heavy atom. The molecular weight excluding hydrogens is 393 g/mol. The molecule has 0 bridgehead atoms. The maximum atomic E-state index is 12.4. The Kier molecular flexibility index (Phi) is 10.5. The second kappa shape index (κ2) is 12.1. The minimum atomic E-state index is -0.269. The van der Waals surface area contributed by atoms with Crippen molar-refractivity contribution in [1.82, 2.24) is 10.2 Å². The fourth-order valence-corrected chi connectivity index (χ4v) is 3.55. The Hall–Kier alpha value is -1.59. The first kappa shape index (κ1) is 24.4. The van der Waals surface area contributed by atoms with E-state index < -0.39 is 0 Å². The van der Waals surface area contributed by atoms with Crippen LogP contribution < -0.4 is 11.1 Å². The number of nitrogens with one attached hydrogen (secondary N) is 1. The minimum Gasteiger partial charge on any atom is -0.356 e. The Morgan fingerprint density at radius 2 is 1.71 bits per heavy atom. The number of rotatable bonds is 7. The number of halogens is 2. The molecule has 1 aliphatic rings. The molecule has 2 aromatic rings. The van der Waals surface area contributed by atoms with E-state index in [0.29, 0.717) is 6.54 Å². The summed E-state index contributed by atoms with van der Waals surface area (Å²) in [5, 5.41) is 3.05. The van der Waals surface area contributed by atoms with Crippen LogP contribution in [-0.4, -0.2) is 30.4 Å². The topological polar surface area (TPSA) is 58.4 Å². The first-order valence-electron chi connectivity index (χ1n) is 9.52. The Labute approximate surface area is 180 Å². The Balaban J connectivity index is 0.00000196. The zero-order valence-corrected chi connectivity index (χ0v) is 18.0. The van der Waals surface area contributed by atoms with Crippen LogP contribution in [0.3, 0.4) is 0 Å². The van der Waals surface area contributed by atoms with Crippen molar-refractivity contribution in [2.45, 2.75) is 32.4 Å². The van der Waals surface area contributed by atoms with Gasteiger partial charge in [0.25, 0.3) is 0 Å². The molecule has 3 rings (SSSR count). The molecule has 2 unspecified atom stereocenters. The van der Waals surface area contributed by atoms with Gasteiger partial charge in [0.05, 0.1) is 5.92 Å². The second-order valence-electron chi connectivity index (χ2n) is 7.16. The molecule has 0 aliphatic carbocycles. The van der Waals surface area contributed by atoms with E-state index in [4.69, 9.17) is 5.73 Å². The smallest absolute Gasteiger partial charge is 0.224 e. The molecule has 154 valence electrons. The van der Waals surface area contributed by atoms with Gasteiger partial charge in [0.2, 0.25) is 5.91 Å². The third-order valence-corrected chi connectivity index (χ3v) is 5.30. The van der Waals surface area contributed by atoms with E-state index in [1.54, 1.807) is 0 Å². The maximum Gasteiger partial charge on any atom is 0.224 e. The molecule has 1 aliphatic heterocycles. The lowest BCUT2D eigenvalue weighted by Crippen LogP contribution is -2.37. The zero-order chi connectivity index (χ0) is 18.4. The number of nitrogens with zero attached hydrogens (tertiary/aromatic N) is 1. The quantitative estimate of drug-likeness (QED) is 0.666. The fraction of sp³-hybridized carbons (Fsp3) is 0.409. The zero-order valence-electron chi connectivity index (χ0n) is 16.3. The lowest BCUT2D eigenvalue weighted by Gasteiger charge is -2.28. The normalized spacial score (nSPS) is 15.4. The van der Waals surface area contributed by atoms with Gasteiger partial charge < -0.3 is 11.1 Å². The molecule has 0 saturated heterocycles. The van der Waals surface area contributed by atoms with Gasteiger partial charge in [-0.15, -0.1) is 24.8 Å². The van der Waals surface area contributed by atoms with Crippen LogP contribution in [-0.2, 0) is 17.8 Å². The summed E-state index contributed by atoms with van der Waals surface area (Å²) in [6.07, 6.45) is 2.08. The minimum absolute atomic E-state index is 0. The van der Waals surface area contributed by atoms with Crippen molar-refractivity contribution in [3.05, 3.63) is 71.3 Å². The van der Waals surface area contributed by atoms with Crippen molar-refractivity contribution in [1.29, 1.82) is 0 Å². The standard InChI is InChI=1S/C22H29N3O.2ClH/c1-17(21(23)19-9-3-2-4-10-19)22(26)24-13-7-14-25-15-12-18-8-5-6-11-20(18)16-25;;/h2-6,8-11,17,21H,7,12-16,23H2,1H3,(H,24,26);2*1H. The number of fused-ring (bicyclic) bond motifs is 1. The first-order chi connectivity index (χ1) is 12.6. The van der Waals surface area contributed by atoms with E-state index in [2.05, 4.69) is 34.5 Å². The van der Waals surface area contributed by atoms with Crippen molar-refractivity contribution in [2.24, 2.45) is 11.7 Å². The van der Waals surface area contributed by atoms with Gasteiger partial charge in [-0.3, -0.25) is 9.69 Å². The van der Waals surface area contributed by atoms with E-state index >= 15 is 0 Å². The van der Waals surface area contributed by atoms with Crippen LogP contribution in [0.2, 0.25) is 0 Å². The monoisotopic (exact) mass is 423 g/mol. The molecule has 0 radical (unpaired) electrons. The molecule has 2 atom stereocenters. The van der Waals surface area contributed by atoms with Gasteiger partial charge >= 0.3 is 0 Å². The summed E-state index contributed by atoms with van der Waals surface area (Å²) in [7, 11) is 0. The van der Waals surface area contributed by atoms with Crippen LogP contribution in [0.15, 0.2) is 54.6 Å². The predicted molar refractivity (Wildman–Crippen MR) is 120 cm³/mol. The van der Waals surface area contributed by atoms with Gasteiger partial charge in [-0.05, 0) is 29.5 Å². The van der Waals surface area contributed by atoms with E-state index in [0.717, 1.165) is 38.0 Å². The second-order valence-corrected chi connectivity index (χ2v) is 7.16. The molecular formula is C22H31Cl2N3O. The summed E-state index contributed by atoms with van der Waals surface area (Å²) < 4.78 is 0. The number of carbonyl (C=O) groups excluding carboxylic acids is 1. The summed E-state index contributed by atoms with van der Waals surface area (Å²) in [4.78, 5) is 14.8. The highest BCUT2D eigenvalue weighted by Gasteiger charge is 2.22. The Bertz CT molecular complexity index is 727.